The van der Waals surface area contributed by atoms with Crippen molar-refractivity contribution in [1.82, 2.24) is 0 Å². The summed E-state index contributed by atoms with van der Waals surface area (Å²) < 4.78 is 10.4. The number of ether oxygens (including phenoxy) is 2. The smallest absolute Gasteiger partial charge is 0.309 e. The Morgan fingerprint density at radius 2 is 1.89 bits per heavy atom. The standard InChI is InChI=1S/C13H21ClO4/c1-2-12(15)18-11(9-14)8-13(16)17-10-6-4-3-5-7-10/h10-11H,2-9H2,1H3/t11-/m0/s1. The minimum absolute atomic E-state index is 0.0316. The molecule has 0 aromatic heterocycles. The van der Waals surface area contributed by atoms with Crippen LogP contribution in [0.15, 0.2) is 0 Å². The number of alkyl halides is 1. The molecule has 1 saturated carbocycles. The lowest BCUT2D eigenvalue weighted by Gasteiger charge is -2.23. The molecule has 0 radical (unpaired) electrons. The molecule has 0 heterocycles. The fraction of sp³-hybridized carbons (Fsp3) is 0.846. The van der Waals surface area contributed by atoms with E-state index in [4.69, 9.17) is 21.1 Å². The second-order valence-electron chi connectivity index (χ2n) is 4.57. The van der Waals surface area contributed by atoms with E-state index in [0.29, 0.717) is 0 Å². The number of carbonyl (C=O) groups excluding carboxylic acids is 2. The van der Waals surface area contributed by atoms with E-state index in [1.54, 1.807) is 6.92 Å². The van der Waals surface area contributed by atoms with Gasteiger partial charge in [-0.1, -0.05) is 13.3 Å². The Morgan fingerprint density at radius 3 is 2.44 bits per heavy atom. The first-order valence-corrected chi connectivity index (χ1v) is 7.14. The second-order valence-corrected chi connectivity index (χ2v) is 4.88. The van der Waals surface area contributed by atoms with Gasteiger partial charge in [0, 0.05) is 6.42 Å². The zero-order valence-electron chi connectivity index (χ0n) is 10.8. The quantitative estimate of drug-likeness (QED) is 0.553. The van der Waals surface area contributed by atoms with Crippen molar-refractivity contribution < 1.29 is 19.1 Å². The number of rotatable bonds is 6. The first-order chi connectivity index (χ1) is 8.65. The molecular weight excluding hydrogens is 256 g/mol. The molecule has 0 amide bonds. The predicted octanol–water partition coefficient (Wildman–Crippen LogP) is 2.81. The fourth-order valence-electron chi connectivity index (χ4n) is 2.00. The summed E-state index contributed by atoms with van der Waals surface area (Å²) >= 11 is 5.67. The summed E-state index contributed by atoms with van der Waals surface area (Å²) in [6.45, 7) is 1.70. The fourth-order valence-corrected chi connectivity index (χ4v) is 2.17. The molecule has 1 rings (SSSR count). The SMILES string of the molecule is CCC(=O)O[C@H](CCl)CC(=O)OC1CCCCC1. The molecule has 104 valence electrons. The van der Waals surface area contributed by atoms with Crippen LogP contribution in [0.25, 0.3) is 0 Å². The van der Waals surface area contributed by atoms with E-state index in [1.165, 1.54) is 6.42 Å². The summed E-state index contributed by atoms with van der Waals surface area (Å²) in [6.07, 6.45) is 5.10. The summed E-state index contributed by atoms with van der Waals surface area (Å²) in [4.78, 5) is 22.8. The van der Waals surface area contributed by atoms with Crippen molar-refractivity contribution >= 4 is 23.5 Å². The Balaban J connectivity index is 2.29. The van der Waals surface area contributed by atoms with Crippen LogP contribution in [-0.4, -0.2) is 30.0 Å². The molecule has 1 fully saturated rings. The van der Waals surface area contributed by atoms with Crippen molar-refractivity contribution in [2.24, 2.45) is 0 Å². The second kappa shape index (κ2) is 8.35. The molecule has 0 bridgehead atoms. The van der Waals surface area contributed by atoms with E-state index in [2.05, 4.69) is 0 Å². The van der Waals surface area contributed by atoms with Crippen molar-refractivity contribution in [3.05, 3.63) is 0 Å². The van der Waals surface area contributed by atoms with Crippen LogP contribution < -0.4 is 0 Å². The van der Waals surface area contributed by atoms with E-state index >= 15 is 0 Å². The third-order valence-electron chi connectivity index (χ3n) is 3.00. The highest BCUT2D eigenvalue weighted by molar-refractivity contribution is 6.18. The van der Waals surface area contributed by atoms with Gasteiger partial charge in [0.25, 0.3) is 0 Å². The monoisotopic (exact) mass is 276 g/mol. The third kappa shape index (κ3) is 5.71. The highest BCUT2D eigenvalue weighted by Gasteiger charge is 2.22. The van der Waals surface area contributed by atoms with Crippen LogP contribution in [0.4, 0.5) is 0 Å². The van der Waals surface area contributed by atoms with Gasteiger partial charge < -0.3 is 9.47 Å². The maximum absolute atomic E-state index is 11.7. The van der Waals surface area contributed by atoms with Crippen molar-refractivity contribution in [1.29, 1.82) is 0 Å². The molecule has 5 heteroatoms. The zero-order chi connectivity index (χ0) is 13.4. The van der Waals surface area contributed by atoms with Crippen molar-refractivity contribution in [3.8, 4) is 0 Å². The zero-order valence-corrected chi connectivity index (χ0v) is 11.6. The van der Waals surface area contributed by atoms with Gasteiger partial charge in [-0.05, 0) is 25.7 Å². The Kier molecular flexibility index (Phi) is 7.09. The van der Waals surface area contributed by atoms with Crippen LogP contribution in [0, 0.1) is 0 Å². The number of carbonyl (C=O) groups is 2. The van der Waals surface area contributed by atoms with Crippen molar-refractivity contribution in [2.45, 2.75) is 64.1 Å². The van der Waals surface area contributed by atoms with E-state index in [9.17, 15) is 9.59 Å². The highest BCUT2D eigenvalue weighted by Crippen LogP contribution is 2.21. The lowest BCUT2D eigenvalue weighted by Crippen LogP contribution is -2.27. The number of hydrogen-bond acceptors (Lipinski definition) is 4. The number of hydrogen-bond donors (Lipinski definition) is 0. The summed E-state index contributed by atoms with van der Waals surface area (Å²) in [6, 6.07) is 0. The summed E-state index contributed by atoms with van der Waals surface area (Å²) in [7, 11) is 0. The molecular formula is C13H21ClO4. The van der Waals surface area contributed by atoms with Crippen LogP contribution in [0.5, 0.6) is 0 Å². The minimum atomic E-state index is -0.574. The molecule has 0 unspecified atom stereocenters. The summed E-state index contributed by atoms with van der Waals surface area (Å²) in [5.74, 6) is -0.548. The molecule has 0 aromatic rings. The third-order valence-corrected chi connectivity index (χ3v) is 3.35. The normalized spacial score (nSPS) is 18.1. The first-order valence-electron chi connectivity index (χ1n) is 6.60. The van der Waals surface area contributed by atoms with E-state index < -0.39 is 6.10 Å². The Hall–Kier alpha value is -0.770. The van der Waals surface area contributed by atoms with Crippen LogP contribution in [0.3, 0.4) is 0 Å². The predicted molar refractivity (Wildman–Crippen MR) is 68.5 cm³/mol. The van der Waals surface area contributed by atoms with E-state index in [0.717, 1.165) is 25.7 Å². The molecule has 1 atom stereocenters. The lowest BCUT2D eigenvalue weighted by atomic mass is 9.98. The van der Waals surface area contributed by atoms with Gasteiger partial charge in [-0.3, -0.25) is 9.59 Å². The topological polar surface area (TPSA) is 52.6 Å². The van der Waals surface area contributed by atoms with Gasteiger partial charge in [0.15, 0.2) is 0 Å². The molecule has 0 aromatic carbocycles. The maximum Gasteiger partial charge on any atom is 0.309 e. The molecule has 0 aliphatic heterocycles. The van der Waals surface area contributed by atoms with Crippen LogP contribution in [0.1, 0.15) is 51.9 Å². The first kappa shape index (κ1) is 15.3. The highest BCUT2D eigenvalue weighted by atomic mass is 35.5. The minimum Gasteiger partial charge on any atom is -0.462 e. The van der Waals surface area contributed by atoms with E-state index in [1.807, 2.05) is 0 Å². The van der Waals surface area contributed by atoms with Crippen LogP contribution in [0.2, 0.25) is 0 Å². The van der Waals surface area contributed by atoms with Gasteiger partial charge in [-0.15, -0.1) is 11.6 Å². The Labute approximate surface area is 113 Å². The van der Waals surface area contributed by atoms with Gasteiger partial charge >= 0.3 is 11.9 Å². The van der Waals surface area contributed by atoms with Gasteiger partial charge in [0.05, 0.1) is 12.3 Å². The average molecular weight is 277 g/mol. The Bertz CT molecular complexity index is 274. The molecule has 18 heavy (non-hydrogen) atoms. The molecule has 4 nitrogen and oxygen atoms in total. The van der Waals surface area contributed by atoms with Gasteiger partial charge in [0.2, 0.25) is 0 Å². The number of esters is 2. The van der Waals surface area contributed by atoms with Gasteiger partial charge in [-0.25, -0.2) is 0 Å². The summed E-state index contributed by atoms with van der Waals surface area (Å²) in [5, 5.41) is 0. The van der Waals surface area contributed by atoms with Crippen molar-refractivity contribution in [2.75, 3.05) is 5.88 Å². The maximum atomic E-state index is 11.7. The van der Waals surface area contributed by atoms with Crippen LogP contribution in [-0.2, 0) is 19.1 Å². The largest absolute Gasteiger partial charge is 0.462 e. The molecule has 1 aliphatic rings. The number of halogens is 1. The van der Waals surface area contributed by atoms with Crippen molar-refractivity contribution in [3.63, 3.8) is 0 Å². The van der Waals surface area contributed by atoms with Crippen LogP contribution >= 0.6 is 11.6 Å². The van der Waals surface area contributed by atoms with Gasteiger partial charge in [-0.2, -0.15) is 0 Å². The van der Waals surface area contributed by atoms with Gasteiger partial charge in [0.1, 0.15) is 12.2 Å². The summed E-state index contributed by atoms with van der Waals surface area (Å²) in [5.41, 5.74) is 0. The average Bonchev–Trinajstić information content (AvgIpc) is 2.38. The molecule has 0 N–H and O–H groups in total. The lowest BCUT2D eigenvalue weighted by molar-refractivity contribution is -0.157. The van der Waals surface area contributed by atoms with E-state index in [-0.39, 0.29) is 36.8 Å². The molecule has 0 spiro atoms. The molecule has 0 saturated heterocycles. The Morgan fingerprint density at radius 1 is 1.22 bits per heavy atom. The molecule has 1 aliphatic carbocycles.